The number of anilines is 1. The Morgan fingerprint density at radius 3 is 2.42 bits per heavy atom. The van der Waals surface area contributed by atoms with Crippen molar-refractivity contribution in [1.82, 2.24) is 4.90 Å². The molecule has 0 bridgehead atoms. The van der Waals surface area contributed by atoms with Crippen LogP contribution in [0.2, 0.25) is 0 Å². The third kappa shape index (κ3) is 5.52. The largest absolute Gasteiger partial charge is 0.493 e. The monoisotopic (exact) mass is 581 g/mol. The average molecular weight is 582 g/mol. The van der Waals surface area contributed by atoms with Crippen LogP contribution < -0.4 is 14.4 Å². The minimum Gasteiger partial charge on any atom is -0.493 e. The van der Waals surface area contributed by atoms with Crippen LogP contribution in [0.3, 0.4) is 0 Å². The number of non-ortho nitro benzene ring substituents is 1. The highest BCUT2D eigenvalue weighted by Crippen LogP contribution is 2.30. The molecule has 1 heterocycles. The molecule has 10 nitrogen and oxygen atoms in total. The van der Waals surface area contributed by atoms with Crippen LogP contribution in [0, 0.1) is 10.1 Å². The van der Waals surface area contributed by atoms with Crippen molar-refractivity contribution in [2.45, 2.75) is 18.9 Å². The lowest BCUT2D eigenvalue weighted by atomic mass is 10.1. The summed E-state index contributed by atoms with van der Waals surface area (Å²) in [7, 11) is 3.04. The normalized spacial score (nSPS) is 14.9. The van der Waals surface area contributed by atoms with E-state index in [-0.39, 0.29) is 24.2 Å². The molecule has 0 N–H and O–H groups in total. The zero-order valence-corrected chi connectivity index (χ0v) is 22.2. The number of imide groups is 1. The molecule has 3 aromatic rings. The summed E-state index contributed by atoms with van der Waals surface area (Å²) < 4.78 is 11.4. The number of ether oxygens (including phenoxy) is 2. The highest BCUT2D eigenvalue weighted by atomic mass is 79.9. The molecule has 1 atom stereocenters. The Morgan fingerprint density at radius 1 is 1.05 bits per heavy atom. The van der Waals surface area contributed by atoms with E-state index in [4.69, 9.17) is 9.47 Å². The fourth-order valence-electron chi connectivity index (χ4n) is 4.32. The van der Waals surface area contributed by atoms with Crippen LogP contribution in [0.25, 0.3) is 0 Å². The van der Waals surface area contributed by atoms with Gasteiger partial charge in [-0.1, -0.05) is 28.1 Å². The number of rotatable bonds is 9. The number of amides is 3. The fraction of sp³-hybridized carbons (Fsp3) is 0.222. The predicted molar refractivity (Wildman–Crippen MR) is 142 cm³/mol. The topological polar surface area (TPSA) is 119 Å². The van der Waals surface area contributed by atoms with E-state index in [0.717, 1.165) is 14.9 Å². The molecular weight excluding hydrogens is 558 g/mol. The van der Waals surface area contributed by atoms with Crippen molar-refractivity contribution in [3.63, 3.8) is 0 Å². The van der Waals surface area contributed by atoms with E-state index < -0.39 is 28.7 Å². The summed E-state index contributed by atoms with van der Waals surface area (Å²) >= 11 is 3.34. The number of carbonyl (C=O) groups excluding carboxylic acids is 3. The van der Waals surface area contributed by atoms with Gasteiger partial charge in [0.05, 0.1) is 31.3 Å². The van der Waals surface area contributed by atoms with Crippen LogP contribution in [0.1, 0.15) is 22.3 Å². The van der Waals surface area contributed by atoms with Gasteiger partial charge >= 0.3 is 0 Å². The average Bonchev–Trinajstić information content (AvgIpc) is 3.22. The molecule has 11 heteroatoms. The lowest BCUT2D eigenvalue weighted by Crippen LogP contribution is -2.46. The second-order valence-corrected chi connectivity index (χ2v) is 9.42. The van der Waals surface area contributed by atoms with Gasteiger partial charge in [0, 0.05) is 28.7 Å². The number of nitrogens with zero attached hydrogens (tertiary/aromatic N) is 3. The summed E-state index contributed by atoms with van der Waals surface area (Å²) in [6.45, 7) is 0.0782. The van der Waals surface area contributed by atoms with Crippen molar-refractivity contribution >= 4 is 45.0 Å². The second kappa shape index (κ2) is 11.4. The Morgan fingerprint density at radius 2 is 1.76 bits per heavy atom. The fourth-order valence-corrected chi connectivity index (χ4v) is 4.59. The van der Waals surface area contributed by atoms with Gasteiger partial charge in [0.15, 0.2) is 11.5 Å². The minimum absolute atomic E-state index is 0.0499. The Hall–Kier alpha value is -4.25. The molecule has 3 aromatic carbocycles. The van der Waals surface area contributed by atoms with E-state index in [1.807, 2.05) is 6.07 Å². The first-order chi connectivity index (χ1) is 18.2. The van der Waals surface area contributed by atoms with Gasteiger partial charge in [0.1, 0.15) is 6.04 Å². The van der Waals surface area contributed by atoms with Crippen LogP contribution in [-0.4, -0.2) is 54.4 Å². The third-order valence-electron chi connectivity index (χ3n) is 6.24. The molecule has 38 heavy (non-hydrogen) atoms. The first kappa shape index (κ1) is 26.8. The molecule has 3 amide bonds. The van der Waals surface area contributed by atoms with Gasteiger partial charge in [0.2, 0.25) is 5.91 Å². The lowest BCUT2D eigenvalue weighted by Gasteiger charge is -2.28. The molecule has 1 unspecified atom stereocenters. The van der Waals surface area contributed by atoms with E-state index in [1.165, 1.54) is 43.4 Å². The van der Waals surface area contributed by atoms with E-state index >= 15 is 0 Å². The van der Waals surface area contributed by atoms with E-state index in [0.29, 0.717) is 23.6 Å². The van der Waals surface area contributed by atoms with Crippen molar-refractivity contribution in [2.24, 2.45) is 0 Å². The molecule has 196 valence electrons. The van der Waals surface area contributed by atoms with Gasteiger partial charge in [-0.15, -0.1) is 0 Å². The number of benzene rings is 3. The number of halogens is 1. The summed E-state index contributed by atoms with van der Waals surface area (Å²) in [5.74, 6) is -0.510. The van der Waals surface area contributed by atoms with Crippen LogP contribution >= 0.6 is 15.9 Å². The van der Waals surface area contributed by atoms with Crippen LogP contribution in [0.5, 0.6) is 11.5 Å². The highest BCUT2D eigenvalue weighted by Gasteiger charge is 2.44. The molecule has 0 radical (unpaired) electrons. The smallest absolute Gasteiger partial charge is 0.270 e. The second-order valence-electron chi connectivity index (χ2n) is 8.51. The molecule has 0 spiro atoms. The third-order valence-corrected chi connectivity index (χ3v) is 6.77. The number of nitro benzene ring substituents is 1. The summed E-state index contributed by atoms with van der Waals surface area (Å²) in [5.41, 5.74) is 1.00. The molecule has 4 rings (SSSR count). The summed E-state index contributed by atoms with van der Waals surface area (Å²) in [6.07, 6.45) is 0.124. The molecule has 1 aliphatic heterocycles. The lowest BCUT2D eigenvalue weighted by molar-refractivity contribution is -0.384. The number of methoxy groups -OCH3 is 2. The SMILES string of the molecule is COc1ccc(CCN(C(=O)c2cccc([N+](=O)[O-])c2)C2CC(=O)N(c3ccc(Br)cc3)C2=O)cc1OC. The highest BCUT2D eigenvalue weighted by molar-refractivity contribution is 9.10. The molecular formula is C27H24BrN3O7. The maximum atomic E-state index is 13.7. The van der Waals surface area contributed by atoms with Crippen molar-refractivity contribution in [3.8, 4) is 11.5 Å². The van der Waals surface area contributed by atoms with E-state index in [1.54, 1.807) is 36.4 Å². The Labute approximate surface area is 227 Å². The van der Waals surface area contributed by atoms with Crippen molar-refractivity contribution < 1.29 is 28.8 Å². The summed E-state index contributed by atoms with van der Waals surface area (Å²) in [5, 5.41) is 11.3. The van der Waals surface area contributed by atoms with E-state index in [2.05, 4.69) is 15.9 Å². The van der Waals surface area contributed by atoms with Crippen molar-refractivity contribution in [3.05, 3.63) is 92.4 Å². The summed E-state index contributed by atoms with van der Waals surface area (Å²) in [6, 6.07) is 16.3. The zero-order valence-electron chi connectivity index (χ0n) is 20.6. The van der Waals surface area contributed by atoms with Crippen LogP contribution in [0.4, 0.5) is 11.4 Å². The van der Waals surface area contributed by atoms with Gasteiger partial charge in [-0.2, -0.15) is 0 Å². The predicted octanol–water partition coefficient (Wildman–Crippen LogP) is 4.39. The van der Waals surface area contributed by atoms with Crippen molar-refractivity contribution in [1.29, 1.82) is 0 Å². The Bertz CT molecular complexity index is 1390. The van der Waals surface area contributed by atoms with Crippen molar-refractivity contribution in [2.75, 3.05) is 25.7 Å². The molecule has 1 saturated heterocycles. The Balaban J connectivity index is 1.66. The maximum Gasteiger partial charge on any atom is 0.270 e. The van der Waals surface area contributed by atoms with Gasteiger partial charge in [-0.05, 0) is 54.4 Å². The Kier molecular flexibility index (Phi) is 8.06. The first-order valence-corrected chi connectivity index (χ1v) is 12.4. The number of hydrogen-bond acceptors (Lipinski definition) is 7. The molecule has 0 aliphatic carbocycles. The van der Waals surface area contributed by atoms with Gasteiger partial charge in [-0.25, -0.2) is 4.90 Å². The molecule has 1 aliphatic rings. The van der Waals surface area contributed by atoms with Gasteiger partial charge in [-0.3, -0.25) is 24.5 Å². The number of hydrogen-bond donors (Lipinski definition) is 0. The summed E-state index contributed by atoms with van der Waals surface area (Å²) in [4.78, 5) is 53.2. The zero-order chi connectivity index (χ0) is 27.4. The minimum atomic E-state index is -1.07. The quantitative estimate of drug-likeness (QED) is 0.209. The van der Waals surface area contributed by atoms with E-state index in [9.17, 15) is 24.5 Å². The number of carbonyl (C=O) groups is 3. The molecule has 1 fully saturated rings. The first-order valence-electron chi connectivity index (χ1n) is 11.6. The standard InChI is InChI=1S/C27H24BrN3O7/c1-37-23-11-6-17(14-24(23)38-2)12-13-29(26(33)18-4-3-5-21(15-18)31(35)36)22-16-25(32)30(27(22)34)20-9-7-19(28)8-10-20/h3-11,14-15,22H,12-13,16H2,1-2H3. The van der Waals surface area contributed by atoms with Gasteiger partial charge in [0.25, 0.3) is 17.5 Å². The maximum absolute atomic E-state index is 13.7. The van der Waals surface area contributed by atoms with Gasteiger partial charge < -0.3 is 14.4 Å². The van der Waals surface area contributed by atoms with Crippen LogP contribution in [0.15, 0.2) is 71.2 Å². The molecule has 0 saturated carbocycles. The number of nitro groups is 1. The van der Waals surface area contributed by atoms with Crippen LogP contribution in [-0.2, 0) is 16.0 Å². The molecule has 0 aromatic heterocycles.